The summed E-state index contributed by atoms with van der Waals surface area (Å²) in [7, 11) is 0. The van der Waals surface area contributed by atoms with Crippen molar-refractivity contribution in [3.63, 3.8) is 0 Å². The van der Waals surface area contributed by atoms with Crippen LogP contribution in [-0.2, 0) is 28.9 Å². The highest BCUT2D eigenvalue weighted by molar-refractivity contribution is 5.75. The Morgan fingerprint density at radius 3 is 1.92 bits per heavy atom. The third-order valence-corrected chi connectivity index (χ3v) is 6.31. The van der Waals surface area contributed by atoms with Gasteiger partial charge in [0.05, 0.1) is 12.3 Å². The average Bonchev–Trinajstić information content (AvgIpc) is 2.90. The van der Waals surface area contributed by atoms with Crippen molar-refractivity contribution in [1.29, 1.82) is 0 Å². The second-order valence-electron chi connectivity index (χ2n) is 8.93. The van der Waals surface area contributed by atoms with E-state index in [9.17, 15) is 9.59 Å². The van der Waals surface area contributed by atoms with Crippen LogP contribution < -0.4 is 9.47 Å². The van der Waals surface area contributed by atoms with Crippen LogP contribution in [0.15, 0.2) is 73.1 Å². The molecule has 194 valence electrons. The largest absolute Gasteiger partial charge is 0.481 e. The SMILES string of the molecule is C.CC(C(=O)O)c1ccc2c(c1)Cc1cccnc1O2.O=C(O)Cc1ccc2c(c1)Cc1cccnc1O2. The number of hydrogen-bond acceptors (Lipinski definition) is 6. The number of carboxylic acid groups (broad SMARTS) is 2. The summed E-state index contributed by atoms with van der Waals surface area (Å²) >= 11 is 0. The molecular formula is C30H28N2O6. The van der Waals surface area contributed by atoms with E-state index in [1.54, 1.807) is 31.5 Å². The molecule has 0 fully saturated rings. The highest BCUT2D eigenvalue weighted by Crippen LogP contribution is 2.37. The van der Waals surface area contributed by atoms with Gasteiger partial charge in [0, 0.05) is 36.4 Å². The topological polar surface area (TPSA) is 119 Å². The summed E-state index contributed by atoms with van der Waals surface area (Å²) in [6.45, 7) is 1.68. The van der Waals surface area contributed by atoms with Gasteiger partial charge in [-0.25, -0.2) is 9.97 Å². The lowest BCUT2D eigenvalue weighted by molar-refractivity contribution is -0.138. The van der Waals surface area contributed by atoms with E-state index in [0.717, 1.165) is 57.7 Å². The van der Waals surface area contributed by atoms with E-state index in [1.807, 2.05) is 48.5 Å². The number of carboxylic acids is 2. The molecule has 2 aliphatic rings. The fourth-order valence-electron chi connectivity index (χ4n) is 4.32. The molecule has 4 aromatic rings. The molecule has 0 spiro atoms. The van der Waals surface area contributed by atoms with Crippen molar-refractivity contribution >= 4 is 11.9 Å². The predicted octanol–water partition coefficient (Wildman–Crippen LogP) is 6.01. The number of aromatic nitrogens is 2. The zero-order chi connectivity index (χ0) is 25.9. The first-order chi connectivity index (χ1) is 17.9. The molecule has 0 aliphatic carbocycles. The van der Waals surface area contributed by atoms with Crippen LogP contribution in [0.4, 0.5) is 0 Å². The number of benzene rings is 2. The van der Waals surface area contributed by atoms with Gasteiger partial charge in [-0.05, 0) is 53.4 Å². The first-order valence-electron chi connectivity index (χ1n) is 11.8. The number of aliphatic carboxylic acids is 2. The Labute approximate surface area is 220 Å². The van der Waals surface area contributed by atoms with E-state index < -0.39 is 17.9 Å². The van der Waals surface area contributed by atoms with Crippen molar-refractivity contribution in [3.8, 4) is 23.3 Å². The summed E-state index contributed by atoms with van der Waals surface area (Å²) in [5, 5.41) is 17.8. The Bertz CT molecular complexity index is 1500. The van der Waals surface area contributed by atoms with Gasteiger partial charge in [0.2, 0.25) is 11.8 Å². The maximum absolute atomic E-state index is 11.0. The second-order valence-corrected chi connectivity index (χ2v) is 8.93. The molecule has 4 heterocycles. The monoisotopic (exact) mass is 512 g/mol. The van der Waals surface area contributed by atoms with Crippen LogP contribution in [0.25, 0.3) is 0 Å². The maximum Gasteiger partial charge on any atom is 0.310 e. The van der Waals surface area contributed by atoms with Gasteiger partial charge in [-0.15, -0.1) is 0 Å². The number of pyridine rings is 2. The van der Waals surface area contributed by atoms with E-state index in [2.05, 4.69) is 9.97 Å². The fourth-order valence-corrected chi connectivity index (χ4v) is 4.32. The molecule has 8 heteroatoms. The van der Waals surface area contributed by atoms with Gasteiger partial charge in [-0.1, -0.05) is 43.8 Å². The predicted molar refractivity (Wildman–Crippen MR) is 141 cm³/mol. The summed E-state index contributed by atoms with van der Waals surface area (Å²) in [5.41, 5.74) is 5.65. The van der Waals surface area contributed by atoms with Crippen LogP contribution in [0, 0.1) is 0 Å². The van der Waals surface area contributed by atoms with Crippen LogP contribution in [0.2, 0.25) is 0 Å². The van der Waals surface area contributed by atoms with Crippen molar-refractivity contribution < 1.29 is 29.3 Å². The summed E-state index contributed by atoms with van der Waals surface area (Å²) in [6, 6.07) is 18.7. The number of fused-ring (bicyclic) bond motifs is 4. The normalized spacial score (nSPS) is 12.8. The average molecular weight is 513 g/mol. The maximum atomic E-state index is 11.0. The number of nitrogens with zero attached hydrogens (tertiary/aromatic N) is 2. The first kappa shape index (κ1) is 26.3. The number of hydrogen-bond donors (Lipinski definition) is 2. The number of carbonyl (C=O) groups is 2. The Kier molecular flexibility index (Phi) is 7.71. The first-order valence-corrected chi connectivity index (χ1v) is 11.8. The van der Waals surface area contributed by atoms with E-state index in [1.165, 1.54) is 0 Å². The second kappa shape index (κ2) is 11.1. The highest BCUT2D eigenvalue weighted by Gasteiger charge is 2.21. The summed E-state index contributed by atoms with van der Waals surface area (Å²) < 4.78 is 11.4. The molecule has 6 rings (SSSR count). The molecule has 0 bridgehead atoms. The molecule has 1 unspecified atom stereocenters. The third-order valence-electron chi connectivity index (χ3n) is 6.31. The molecule has 2 N–H and O–H groups in total. The van der Waals surface area contributed by atoms with E-state index in [-0.39, 0.29) is 13.8 Å². The van der Waals surface area contributed by atoms with Crippen molar-refractivity contribution in [1.82, 2.24) is 9.97 Å². The molecule has 0 saturated carbocycles. The molecule has 38 heavy (non-hydrogen) atoms. The zero-order valence-electron chi connectivity index (χ0n) is 20.0. The molecule has 2 aromatic carbocycles. The fraction of sp³-hybridized carbons (Fsp3) is 0.200. The quantitative estimate of drug-likeness (QED) is 0.295. The van der Waals surface area contributed by atoms with Gasteiger partial charge >= 0.3 is 11.9 Å². The van der Waals surface area contributed by atoms with E-state index in [0.29, 0.717) is 11.8 Å². The lowest BCUT2D eigenvalue weighted by Crippen LogP contribution is -2.10. The Balaban J connectivity index is 0.000000173. The number of ether oxygens (including phenoxy) is 2. The van der Waals surface area contributed by atoms with Crippen LogP contribution in [0.3, 0.4) is 0 Å². The minimum absolute atomic E-state index is 0. The third kappa shape index (κ3) is 5.64. The van der Waals surface area contributed by atoms with Crippen LogP contribution in [-0.4, -0.2) is 32.1 Å². The van der Waals surface area contributed by atoms with Gasteiger partial charge < -0.3 is 19.7 Å². The Hall–Kier alpha value is -4.72. The molecule has 0 radical (unpaired) electrons. The number of rotatable bonds is 4. The van der Waals surface area contributed by atoms with Crippen LogP contribution in [0.1, 0.15) is 53.6 Å². The summed E-state index contributed by atoms with van der Waals surface area (Å²) in [6.07, 6.45) is 4.88. The summed E-state index contributed by atoms with van der Waals surface area (Å²) in [5.74, 6) is 0.626. The molecule has 8 nitrogen and oxygen atoms in total. The summed E-state index contributed by atoms with van der Waals surface area (Å²) in [4.78, 5) is 30.1. The van der Waals surface area contributed by atoms with Crippen molar-refractivity contribution in [2.45, 2.75) is 39.5 Å². The van der Waals surface area contributed by atoms with Crippen molar-refractivity contribution in [3.05, 3.63) is 106 Å². The lowest BCUT2D eigenvalue weighted by atomic mass is 9.95. The van der Waals surface area contributed by atoms with E-state index >= 15 is 0 Å². The van der Waals surface area contributed by atoms with Gasteiger partial charge in [0.25, 0.3) is 0 Å². The Morgan fingerprint density at radius 2 is 1.37 bits per heavy atom. The molecule has 1 atom stereocenters. The minimum atomic E-state index is -0.825. The standard InChI is InChI=1S/C15H13NO3.C14H11NO3.CH4/c1-9(15(17)18)10-4-5-13-12(7-10)8-11-3-2-6-16-14(11)19-13;16-13(17)7-9-3-4-12-11(6-9)8-10-2-1-5-15-14(10)18-12;/h2-7,9H,8H2,1H3,(H,17,18);1-6H,7-8H2,(H,16,17);1H4. The highest BCUT2D eigenvalue weighted by atomic mass is 16.5. The molecule has 2 aromatic heterocycles. The van der Waals surface area contributed by atoms with Crippen LogP contribution >= 0.6 is 0 Å². The smallest absolute Gasteiger partial charge is 0.310 e. The van der Waals surface area contributed by atoms with Gasteiger partial charge in [0.1, 0.15) is 11.5 Å². The van der Waals surface area contributed by atoms with Crippen LogP contribution in [0.5, 0.6) is 23.3 Å². The molecular weight excluding hydrogens is 484 g/mol. The lowest BCUT2D eigenvalue weighted by Gasteiger charge is -2.20. The van der Waals surface area contributed by atoms with Gasteiger partial charge in [-0.3, -0.25) is 9.59 Å². The van der Waals surface area contributed by atoms with Gasteiger partial charge in [-0.2, -0.15) is 0 Å². The molecule has 0 amide bonds. The zero-order valence-corrected chi connectivity index (χ0v) is 20.0. The van der Waals surface area contributed by atoms with Gasteiger partial charge in [0.15, 0.2) is 0 Å². The Morgan fingerprint density at radius 1 is 0.816 bits per heavy atom. The minimum Gasteiger partial charge on any atom is -0.481 e. The molecule has 0 saturated heterocycles. The van der Waals surface area contributed by atoms with Crippen molar-refractivity contribution in [2.24, 2.45) is 0 Å². The van der Waals surface area contributed by atoms with E-state index in [4.69, 9.17) is 19.7 Å². The van der Waals surface area contributed by atoms with Crippen molar-refractivity contribution in [2.75, 3.05) is 0 Å². The molecule has 2 aliphatic heterocycles.